The molecule has 1 aliphatic carbocycles. The summed E-state index contributed by atoms with van der Waals surface area (Å²) < 4.78 is -0.664. The van der Waals surface area contributed by atoms with Crippen molar-refractivity contribution < 1.29 is 9.90 Å². The molecule has 0 bridgehead atoms. The standard InChI is InChI=1S/C10H8Cl2O2/c11-10(12)5-8(10)6-1-3-7(4-2-6)9(13)14/h1-4,8H,5H2,(H,13,14)/p-1/t8-/m1/s1. The number of rotatable bonds is 2. The Kier molecular flexibility index (Phi) is 2.20. The van der Waals surface area contributed by atoms with Crippen LogP contribution in [0.15, 0.2) is 24.3 Å². The van der Waals surface area contributed by atoms with Crippen molar-refractivity contribution in [3.05, 3.63) is 35.4 Å². The molecule has 74 valence electrons. The highest BCUT2D eigenvalue weighted by atomic mass is 35.5. The molecule has 1 aromatic rings. The molecule has 2 nitrogen and oxygen atoms in total. The third-order valence-electron chi connectivity index (χ3n) is 2.37. The van der Waals surface area contributed by atoms with Crippen LogP contribution in [0.1, 0.15) is 28.3 Å². The van der Waals surface area contributed by atoms with Crippen molar-refractivity contribution in [3.8, 4) is 0 Å². The summed E-state index contributed by atoms with van der Waals surface area (Å²) in [5.74, 6) is -1.04. The van der Waals surface area contributed by atoms with Gasteiger partial charge in [0.15, 0.2) is 0 Å². The lowest BCUT2D eigenvalue weighted by Gasteiger charge is -2.04. The number of hydrogen-bond donors (Lipinski definition) is 0. The van der Waals surface area contributed by atoms with E-state index in [-0.39, 0.29) is 11.5 Å². The molecule has 0 radical (unpaired) electrons. The first-order valence-electron chi connectivity index (χ1n) is 4.20. The number of halogens is 2. The van der Waals surface area contributed by atoms with Crippen molar-refractivity contribution in [3.63, 3.8) is 0 Å². The largest absolute Gasteiger partial charge is 0.545 e. The highest BCUT2D eigenvalue weighted by Crippen LogP contribution is 2.59. The molecule has 0 N–H and O–H groups in total. The van der Waals surface area contributed by atoms with Crippen LogP contribution < -0.4 is 5.11 Å². The zero-order valence-electron chi connectivity index (χ0n) is 7.17. The molecule has 1 aromatic carbocycles. The Morgan fingerprint density at radius 2 is 1.86 bits per heavy atom. The van der Waals surface area contributed by atoms with E-state index in [0.29, 0.717) is 0 Å². The Morgan fingerprint density at radius 1 is 1.36 bits per heavy atom. The molecule has 4 heteroatoms. The number of alkyl halides is 2. The Labute approximate surface area is 91.4 Å². The molecule has 0 aromatic heterocycles. The lowest BCUT2D eigenvalue weighted by Crippen LogP contribution is -2.21. The molecule has 2 rings (SSSR count). The van der Waals surface area contributed by atoms with Gasteiger partial charge in [-0.05, 0) is 17.5 Å². The van der Waals surface area contributed by atoms with Gasteiger partial charge >= 0.3 is 0 Å². The van der Waals surface area contributed by atoms with Gasteiger partial charge < -0.3 is 9.90 Å². The van der Waals surface area contributed by atoms with E-state index in [9.17, 15) is 9.90 Å². The average Bonchev–Trinajstić information content (AvgIpc) is 2.75. The summed E-state index contributed by atoms with van der Waals surface area (Å²) >= 11 is 11.8. The molecule has 1 fully saturated rings. The second kappa shape index (κ2) is 3.14. The van der Waals surface area contributed by atoms with Crippen molar-refractivity contribution in [2.45, 2.75) is 16.7 Å². The van der Waals surface area contributed by atoms with Gasteiger partial charge in [-0.25, -0.2) is 0 Å². The first-order valence-corrected chi connectivity index (χ1v) is 4.95. The number of carboxylic acids is 1. The Balaban J connectivity index is 2.20. The predicted octanol–water partition coefficient (Wildman–Crippen LogP) is 1.71. The predicted molar refractivity (Wildman–Crippen MR) is 52.6 cm³/mol. The van der Waals surface area contributed by atoms with E-state index in [0.717, 1.165) is 12.0 Å². The zero-order chi connectivity index (χ0) is 10.3. The van der Waals surface area contributed by atoms with E-state index in [4.69, 9.17) is 23.2 Å². The Bertz CT molecular complexity index is 370. The van der Waals surface area contributed by atoms with Crippen LogP contribution in [0, 0.1) is 0 Å². The van der Waals surface area contributed by atoms with Gasteiger partial charge in [0.25, 0.3) is 0 Å². The van der Waals surface area contributed by atoms with Crippen molar-refractivity contribution in [1.29, 1.82) is 0 Å². The molecule has 1 atom stereocenters. The molecule has 14 heavy (non-hydrogen) atoms. The smallest absolute Gasteiger partial charge is 0.125 e. The molecule has 0 saturated heterocycles. The summed E-state index contributed by atoms with van der Waals surface area (Å²) in [5.41, 5.74) is 1.14. The van der Waals surface area contributed by atoms with Crippen LogP contribution in [0.5, 0.6) is 0 Å². The van der Waals surface area contributed by atoms with Gasteiger partial charge in [-0.15, -0.1) is 23.2 Å². The van der Waals surface area contributed by atoms with Gasteiger partial charge in [0.1, 0.15) is 4.33 Å². The van der Waals surface area contributed by atoms with Crippen LogP contribution in [0.2, 0.25) is 0 Å². The fourth-order valence-corrected chi connectivity index (χ4v) is 1.99. The van der Waals surface area contributed by atoms with E-state index < -0.39 is 10.3 Å². The van der Waals surface area contributed by atoms with E-state index in [1.165, 1.54) is 12.1 Å². The fraction of sp³-hybridized carbons (Fsp3) is 0.300. The summed E-state index contributed by atoms with van der Waals surface area (Å²) in [6.45, 7) is 0. The number of carboxylic acid groups (broad SMARTS) is 1. The average molecular weight is 230 g/mol. The van der Waals surface area contributed by atoms with Crippen molar-refractivity contribution in [2.75, 3.05) is 0 Å². The maximum atomic E-state index is 10.5. The highest BCUT2D eigenvalue weighted by molar-refractivity contribution is 6.51. The molecule has 1 aliphatic rings. The molecular formula is C10H7Cl2O2-. The SMILES string of the molecule is O=C([O-])c1ccc([C@H]2CC2(Cl)Cl)cc1. The monoisotopic (exact) mass is 229 g/mol. The molecule has 0 spiro atoms. The Hall–Kier alpha value is -0.730. The molecule has 0 aliphatic heterocycles. The number of carbonyl (C=O) groups is 1. The van der Waals surface area contributed by atoms with Gasteiger partial charge in [-0.2, -0.15) is 0 Å². The van der Waals surface area contributed by atoms with Crippen LogP contribution in [-0.4, -0.2) is 10.3 Å². The minimum absolute atomic E-state index is 0.127. The van der Waals surface area contributed by atoms with E-state index >= 15 is 0 Å². The summed E-state index contributed by atoms with van der Waals surface area (Å²) in [7, 11) is 0. The van der Waals surface area contributed by atoms with Gasteiger partial charge in [-0.1, -0.05) is 24.3 Å². The molecule has 0 amide bonds. The minimum Gasteiger partial charge on any atom is -0.545 e. The van der Waals surface area contributed by atoms with Crippen LogP contribution in [0.3, 0.4) is 0 Å². The van der Waals surface area contributed by atoms with Crippen LogP contribution in [0.25, 0.3) is 0 Å². The van der Waals surface area contributed by atoms with Gasteiger partial charge in [-0.3, -0.25) is 0 Å². The highest BCUT2D eigenvalue weighted by Gasteiger charge is 2.52. The third-order valence-corrected chi connectivity index (χ3v) is 3.21. The summed E-state index contributed by atoms with van der Waals surface area (Å²) in [4.78, 5) is 10.5. The maximum absolute atomic E-state index is 10.5. The number of hydrogen-bond acceptors (Lipinski definition) is 2. The van der Waals surface area contributed by atoms with Crippen LogP contribution in [-0.2, 0) is 0 Å². The molecule has 0 heterocycles. The fourth-order valence-electron chi connectivity index (χ4n) is 1.43. The first-order chi connectivity index (χ1) is 6.50. The van der Waals surface area contributed by atoms with Crippen molar-refractivity contribution in [2.24, 2.45) is 0 Å². The molecule has 0 unspecified atom stereocenters. The summed E-state index contributed by atoms with van der Waals surface area (Å²) in [5, 5.41) is 10.5. The third kappa shape index (κ3) is 1.72. The van der Waals surface area contributed by atoms with Crippen molar-refractivity contribution in [1.82, 2.24) is 0 Å². The summed E-state index contributed by atoms with van der Waals surface area (Å²) in [6, 6.07) is 6.46. The van der Waals surface area contributed by atoms with E-state index in [2.05, 4.69) is 0 Å². The normalized spacial score (nSPS) is 23.1. The quantitative estimate of drug-likeness (QED) is 0.725. The topological polar surface area (TPSA) is 40.1 Å². The number of carbonyl (C=O) groups excluding carboxylic acids is 1. The van der Waals surface area contributed by atoms with Crippen LogP contribution in [0.4, 0.5) is 0 Å². The minimum atomic E-state index is -1.17. The second-order valence-corrected chi connectivity index (χ2v) is 4.97. The van der Waals surface area contributed by atoms with Gasteiger partial charge in [0.05, 0.1) is 5.97 Å². The number of aromatic carboxylic acids is 1. The zero-order valence-corrected chi connectivity index (χ0v) is 8.68. The van der Waals surface area contributed by atoms with Crippen LogP contribution >= 0.6 is 23.2 Å². The molecular weight excluding hydrogens is 223 g/mol. The first kappa shape index (κ1) is 9.81. The second-order valence-electron chi connectivity index (χ2n) is 3.43. The maximum Gasteiger partial charge on any atom is 0.125 e. The lowest BCUT2D eigenvalue weighted by atomic mass is 10.1. The summed E-state index contributed by atoms with van der Waals surface area (Å²) in [6.07, 6.45) is 0.723. The van der Waals surface area contributed by atoms with Crippen molar-refractivity contribution >= 4 is 29.2 Å². The number of benzene rings is 1. The van der Waals surface area contributed by atoms with Gasteiger partial charge in [0, 0.05) is 5.92 Å². The van der Waals surface area contributed by atoms with Gasteiger partial charge in [0.2, 0.25) is 0 Å². The Morgan fingerprint density at radius 3 is 2.21 bits per heavy atom. The van der Waals surface area contributed by atoms with E-state index in [1.54, 1.807) is 12.1 Å². The van der Waals surface area contributed by atoms with E-state index in [1.807, 2.05) is 0 Å². The lowest BCUT2D eigenvalue weighted by molar-refractivity contribution is -0.255. The molecule has 1 saturated carbocycles.